The van der Waals surface area contributed by atoms with Gasteiger partial charge in [0.05, 0.1) is 4.92 Å². The monoisotopic (exact) mass is 343 g/mol. The van der Waals surface area contributed by atoms with Crippen molar-refractivity contribution in [2.45, 2.75) is 19.3 Å². The molecule has 2 rings (SSSR count). The van der Waals surface area contributed by atoms with E-state index in [1.165, 1.54) is 6.07 Å². The van der Waals surface area contributed by atoms with Crippen LogP contribution in [0.4, 0.5) is 16.2 Å². The summed E-state index contributed by atoms with van der Waals surface area (Å²) >= 11 is 0. The number of nitrogens with one attached hydrogen (secondary N) is 2. The third-order valence-electron chi connectivity index (χ3n) is 3.92. The summed E-state index contributed by atoms with van der Waals surface area (Å²) in [6.07, 6.45) is 0.528. The van der Waals surface area contributed by atoms with E-state index >= 15 is 0 Å². The van der Waals surface area contributed by atoms with Gasteiger partial charge in [-0.05, 0) is 25.0 Å². The third-order valence-corrected chi connectivity index (χ3v) is 3.92. The van der Waals surface area contributed by atoms with Gasteiger partial charge in [0.15, 0.2) is 0 Å². The van der Waals surface area contributed by atoms with Crippen molar-refractivity contribution in [3.63, 3.8) is 0 Å². The molecular formula is C18H21N3O4. The fourth-order valence-corrected chi connectivity index (χ4v) is 2.54. The smallest absolute Gasteiger partial charge is 0.319 e. The molecule has 0 aromatic heterocycles. The van der Waals surface area contributed by atoms with E-state index in [1.54, 1.807) is 19.1 Å². The van der Waals surface area contributed by atoms with Crippen molar-refractivity contribution < 1.29 is 14.8 Å². The first-order valence-electron chi connectivity index (χ1n) is 7.97. The van der Waals surface area contributed by atoms with Gasteiger partial charge >= 0.3 is 6.03 Å². The normalized spacial score (nSPS) is 11.6. The number of carbonyl (C=O) groups excluding carboxylic acids is 1. The Hall–Kier alpha value is -2.93. The lowest BCUT2D eigenvalue weighted by Gasteiger charge is -2.17. The molecule has 1 atom stereocenters. The molecule has 7 nitrogen and oxygen atoms in total. The van der Waals surface area contributed by atoms with Gasteiger partial charge in [-0.3, -0.25) is 10.1 Å². The topological polar surface area (TPSA) is 104 Å². The number of nitro benzene ring substituents is 1. The van der Waals surface area contributed by atoms with E-state index < -0.39 is 11.0 Å². The zero-order chi connectivity index (χ0) is 18.2. The SMILES string of the molecule is Cc1ccc(NC(=O)NCC(CCO)c2ccccc2)cc1[N+](=O)[O-]. The first-order chi connectivity index (χ1) is 12.0. The van der Waals surface area contributed by atoms with Crippen molar-refractivity contribution in [3.05, 3.63) is 69.8 Å². The van der Waals surface area contributed by atoms with Gasteiger partial charge in [-0.15, -0.1) is 0 Å². The molecule has 25 heavy (non-hydrogen) atoms. The maximum Gasteiger partial charge on any atom is 0.319 e. The first kappa shape index (κ1) is 18.4. The lowest BCUT2D eigenvalue weighted by Crippen LogP contribution is -2.32. The molecule has 2 amide bonds. The molecule has 0 aliphatic carbocycles. The lowest BCUT2D eigenvalue weighted by molar-refractivity contribution is -0.385. The van der Waals surface area contributed by atoms with Crippen molar-refractivity contribution >= 4 is 17.4 Å². The molecule has 7 heteroatoms. The highest BCUT2D eigenvalue weighted by atomic mass is 16.6. The van der Waals surface area contributed by atoms with E-state index in [1.807, 2.05) is 30.3 Å². The number of aliphatic hydroxyl groups is 1. The van der Waals surface area contributed by atoms with E-state index in [0.29, 0.717) is 24.2 Å². The molecule has 2 aromatic carbocycles. The molecule has 0 aliphatic rings. The number of nitro groups is 1. The van der Waals surface area contributed by atoms with Crippen LogP contribution >= 0.6 is 0 Å². The molecule has 0 spiro atoms. The van der Waals surface area contributed by atoms with Crippen LogP contribution in [-0.4, -0.2) is 29.2 Å². The maximum atomic E-state index is 12.1. The van der Waals surface area contributed by atoms with E-state index in [-0.39, 0.29) is 18.2 Å². The zero-order valence-corrected chi connectivity index (χ0v) is 13.9. The molecule has 0 saturated carbocycles. The fraction of sp³-hybridized carbons (Fsp3) is 0.278. The third kappa shape index (κ3) is 5.29. The first-order valence-corrected chi connectivity index (χ1v) is 7.97. The fourth-order valence-electron chi connectivity index (χ4n) is 2.54. The summed E-state index contributed by atoms with van der Waals surface area (Å²) in [5.74, 6) is -0.00990. The molecule has 3 N–H and O–H groups in total. The van der Waals surface area contributed by atoms with Gasteiger partial charge in [-0.1, -0.05) is 36.4 Å². The number of rotatable bonds is 7. The highest BCUT2D eigenvalue weighted by Crippen LogP contribution is 2.22. The molecule has 2 aromatic rings. The van der Waals surface area contributed by atoms with E-state index in [4.69, 9.17) is 0 Å². The number of amides is 2. The van der Waals surface area contributed by atoms with Gasteiger partial charge in [0, 0.05) is 36.4 Å². The Morgan fingerprint density at radius 2 is 1.96 bits per heavy atom. The molecule has 0 aliphatic heterocycles. The quantitative estimate of drug-likeness (QED) is 0.530. The summed E-state index contributed by atoms with van der Waals surface area (Å²) in [5.41, 5.74) is 1.87. The van der Waals surface area contributed by atoms with Crippen molar-refractivity contribution in [1.29, 1.82) is 0 Å². The van der Waals surface area contributed by atoms with Crippen LogP contribution in [0, 0.1) is 17.0 Å². The minimum absolute atomic E-state index is 0.00990. The summed E-state index contributed by atoms with van der Waals surface area (Å²) < 4.78 is 0. The number of aliphatic hydroxyl groups excluding tert-OH is 1. The minimum atomic E-state index is -0.481. The number of benzene rings is 2. The molecule has 0 bridgehead atoms. The van der Waals surface area contributed by atoms with Gasteiger partial charge in [0.1, 0.15) is 0 Å². The van der Waals surface area contributed by atoms with E-state index in [2.05, 4.69) is 10.6 Å². The zero-order valence-electron chi connectivity index (χ0n) is 13.9. The second kappa shape index (κ2) is 8.79. The second-order valence-electron chi connectivity index (χ2n) is 5.71. The van der Waals surface area contributed by atoms with E-state index in [9.17, 15) is 20.0 Å². The van der Waals surface area contributed by atoms with E-state index in [0.717, 1.165) is 5.56 Å². The van der Waals surface area contributed by atoms with Gasteiger partial charge in [-0.2, -0.15) is 0 Å². The van der Waals surface area contributed by atoms with Gasteiger partial charge < -0.3 is 15.7 Å². The molecule has 0 radical (unpaired) electrons. The predicted octanol–water partition coefficient (Wildman–Crippen LogP) is 3.19. The second-order valence-corrected chi connectivity index (χ2v) is 5.71. The summed E-state index contributed by atoms with van der Waals surface area (Å²) in [5, 5.41) is 25.5. The number of urea groups is 1. The Morgan fingerprint density at radius 1 is 1.24 bits per heavy atom. The van der Waals surface area contributed by atoms with Gasteiger partial charge in [-0.25, -0.2) is 4.79 Å². The number of carbonyl (C=O) groups is 1. The molecular weight excluding hydrogens is 322 g/mol. The molecule has 1 unspecified atom stereocenters. The number of nitrogens with zero attached hydrogens (tertiary/aromatic N) is 1. The Balaban J connectivity index is 1.97. The van der Waals surface area contributed by atoms with Crippen LogP contribution in [0.5, 0.6) is 0 Å². The summed E-state index contributed by atoms with van der Waals surface area (Å²) in [6, 6.07) is 13.7. The number of hydrogen-bond donors (Lipinski definition) is 3. The van der Waals surface area contributed by atoms with Gasteiger partial charge in [0.25, 0.3) is 5.69 Å². The predicted molar refractivity (Wildman–Crippen MR) is 95.7 cm³/mol. The largest absolute Gasteiger partial charge is 0.396 e. The maximum absolute atomic E-state index is 12.1. The van der Waals surface area contributed by atoms with Crippen molar-refractivity contribution in [1.82, 2.24) is 5.32 Å². The van der Waals surface area contributed by atoms with Crippen LogP contribution in [0.2, 0.25) is 0 Å². The number of hydrogen-bond acceptors (Lipinski definition) is 4. The molecule has 0 saturated heterocycles. The van der Waals surface area contributed by atoms with Crippen LogP contribution in [-0.2, 0) is 0 Å². The average Bonchev–Trinajstić information content (AvgIpc) is 2.60. The van der Waals surface area contributed by atoms with Gasteiger partial charge in [0.2, 0.25) is 0 Å². The van der Waals surface area contributed by atoms with Crippen LogP contribution in [0.15, 0.2) is 48.5 Å². The Morgan fingerprint density at radius 3 is 2.60 bits per heavy atom. The summed E-state index contributed by atoms with van der Waals surface area (Å²) in [7, 11) is 0. The Bertz CT molecular complexity index is 734. The average molecular weight is 343 g/mol. The molecule has 132 valence electrons. The minimum Gasteiger partial charge on any atom is -0.396 e. The number of aryl methyl sites for hydroxylation is 1. The Labute approximate surface area is 145 Å². The van der Waals surface area contributed by atoms with Crippen LogP contribution < -0.4 is 10.6 Å². The summed E-state index contributed by atoms with van der Waals surface area (Å²) in [4.78, 5) is 22.5. The van der Waals surface area contributed by atoms with Crippen LogP contribution in [0.1, 0.15) is 23.5 Å². The number of anilines is 1. The highest BCUT2D eigenvalue weighted by Gasteiger charge is 2.14. The van der Waals surface area contributed by atoms with Crippen molar-refractivity contribution in [2.24, 2.45) is 0 Å². The van der Waals surface area contributed by atoms with Crippen molar-refractivity contribution in [3.8, 4) is 0 Å². The van der Waals surface area contributed by atoms with Crippen LogP contribution in [0.25, 0.3) is 0 Å². The van der Waals surface area contributed by atoms with Crippen LogP contribution in [0.3, 0.4) is 0 Å². The molecule has 0 heterocycles. The Kier molecular flexibility index (Phi) is 6.47. The highest BCUT2D eigenvalue weighted by molar-refractivity contribution is 5.89. The molecule has 0 fully saturated rings. The standard InChI is InChI=1S/C18H21N3O4/c1-13-7-8-16(11-17(13)21(24)25)20-18(23)19-12-15(9-10-22)14-5-3-2-4-6-14/h2-8,11,15,22H,9-10,12H2,1H3,(H2,19,20,23). The lowest BCUT2D eigenvalue weighted by atomic mass is 9.96. The summed E-state index contributed by atoms with van der Waals surface area (Å²) in [6.45, 7) is 2.01. The van der Waals surface area contributed by atoms with Crippen molar-refractivity contribution in [2.75, 3.05) is 18.5 Å².